The van der Waals surface area contributed by atoms with Crippen LogP contribution in [0.15, 0.2) is 36.8 Å². The Morgan fingerprint density at radius 2 is 2.11 bits per heavy atom. The number of carbonyl (C=O) groups excluding carboxylic acids is 1. The van der Waals surface area contributed by atoms with Gasteiger partial charge in [-0.25, -0.2) is 0 Å². The molecule has 0 aliphatic heterocycles. The van der Waals surface area contributed by atoms with Gasteiger partial charge in [-0.2, -0.15) is 0 Å². The number of hydrogen-bond acceptors (Lipinski definition) is 3. The van der Waals surface area contributed by atoms with Gasteiger partial charge >= 0.3 is 127 Å². The second-order valence-electron chi connectivity index (χ2n) is 4.40. The maximum absolute atomic E-state index is 10.6. The zero-order chi connectivity index (χ0) is 13.4. The van der Waals surface area contributed by atoms with Gasteiger partial charge in [0.05, 0.1) is 0 Å². The van der Waals surface area contributed by atoms with Crippen LogP contribution in [-0.4, -0.2) is 44.7 Å². The van der Waals surface area contributed by atoms with E-state index in [1.54, 1.807) is 12.3 Å². The molecule has 0 saturated heterocycles. The molecule has 0 N–H and O–H groups in total. The molecule has 3 aromatic rings. The molecule has 0 radical (unpaired) electrons. The summed E-state index contributed by atoms with van der Waals surface area (Å²) >= 11 is 0.695. The van der Waals surface area contributed by atoms with Gasteiger partial charge in [0.15, 0.2) is 0 Å². The van der Waals surface area contributed by atoms with Crippen molar-refractivity contribution in [3.05, 3.63) is 48.0 Å². The van der Waals surface area contributed by atoms with Crippen molar-refractivity contribution in [2.45, 2.75) is 6.92 Å². The van der Waals surface area contributed by atoms with Crippen LogP contribution in [0, 0.1) is 6.92 Å². The van der Waals surface area contributed by atoms with Crippen LogP contribution in [0.1, 0.15) is 16.1 Å². The van der Waals surface area contributed by atoms with Gasteiger partial charge in [-0.3, -0.25) is 0 Å². The second kappa shape index (κ2) is 4.84. The minimum absolute atomic E-state index is 0.455. The number of carbonyl (C=O) groups is 1. The van der Waals surface area contributed by atoms with Crippen LogP contribution in [-0.2, 0) is 0 Å². The fraction of sp³-hybridized carbons (Fsp3) is 0.0714. The van der Waals surface area contributed by atoms with Crippen molar-refractivity contribution in [2.75, 3.05) is 0 Å². The van der Waals surface area contributed by atoms with Crippen molar-refractivity contribution in [2.24, 2.45) is 0 Å². The molecule has 19 heavy (non-hydrogen) atoms. The SMILES string of the molecule is Cc1cc2nc[n]([Tl])c2cc1-c1ccc(C=O)nc1. The molecule has 0 unspecified atom stereocenters. The Hall–Kier alpha value is -1.57. The molecule has 0 saturated carbocycles. The van der Waals surface area contributed by atoms with Gasteiger partial charge in [-0.15, -0.1) is 0 Å². The standard InChI is InChI=1S/C14H11N3O.Tl/c1-9-4-13-14(17-8-16-13)5-12(9)10-2-3-11(7-18)15-6-10;/h2-8H,1H3,(H,16,17,18);/q;+1/p-1. The fourth-order valence-corrected chi connectivity index (χ4v) is 3.19. The van der Waals surface area contributed by atoms with Gasteiger partial charge in [0.2, 0.25) is 0 Å². The van der Waals surface area contributed by atoms with Crippen LogP contribution in [0.3, 0.4) is 0 Å². The van der Waals surface area contributed by atoms with E-state index in [0.29, 0.717) is 31.8 Å². The number of aromatic nitrogens is 3. The van der Waals surface area contributed by atoms with Gasteiger partial charge in [-0.1, -0.05) is 0 Å². The van der Waals surface area contributed by atoms with E-state index in [1.807, 2.05) is 12.4 Å². The van der Waals surface area contributed by atoms with Crippen molar-refractivity contribution >= 4 is 43.4 Å². The average Bonchev–Trinajstić information content (AvgIpc) is 2.79. The van der Waals surface area contributed by atoms with Gasteiger partial charge in [0, 0.05) is 0 Å². The molecule has 4 nitrogen and oxygen atoms in total. The third kappa shape index (κ3) is 2.20. The Labute approximate surface area is 126 Å². The molecule has 3 rings (SSSR count). The van der Waals surface area contributed by atoms with E-state index >= 15 is 0 Å². The molecule has 0 atom stereocenters. The molecule has 2 aromatic heterocycles. The van der Waals surface area contributed by atoms with Crippen LogP contribution < -0.4 is 0 Å². The number of fused-ring (bicyclic) bond motifs is 1. The minimum atomic E-state index is 0.455. The third-order valence-corrected chi connectivity index (χ3v) is 4.74. The number of hydrogen-bond donors (Lipinski definition) is 0. The van der Waals surface area contributed by atoms with Crippen LogP contribution in [0.25, 0.3) is 22.2 Å². The van der Waals surface area contributed by atoms with Crippen molar-refractivity contribution in [3.63, 3.8) is 0 Å². The summed E-state index contributed by atoms with van der Waals surface area (Å²) in [6, 6.07) is 7.92. The van der Waals surface area contributed by atoms with Crippen molar-refractivity contribution < 1.29 is 4.79 Å². The molecule has 5 heteroatoms. The monoisotopic (exact) mass is 441 g/mol. The van der Waals surface area contributed by atoms with E-state index in [9.17, 15) is 4.79 Å². The molecule has 0 aliphatic carbocycles. The van der Waals surface area contributed by atoms with Crippen LogP contribution in [0.5, 0.6) is 0 Å². The number of pyridine rings is 1. The first kappa shape index (κ1) is 12.5. The average molecular weight is 441 g/mol. The summed E-state index contributed by atoms with van der Waals surface area (Å²) in [6.45, 7) is 2.07. The number of benzene rings is 1. The predicted molar refractivity (Wildman–Crippen MR) is 74.2 cm³/mol. The maximum atomic E-state index is 10.6. The summed E-state index contributed by atoms with van der Waals surface area (Å²) in [5.41, 5.74) is 5.97. The molecule has 90 valence electrons. The first-order valence-electron chi connectivity index (χ1n) is 5.83. The Morgan fingerprint density at radius 1 is 1.26 bits per heavy atom. The van der Waals surface area contributed by atoms with Gasteiger partial charge in [0.25, 0.3) is 0 Å². The normalized spacial score (nSPS) is 10.7. The molecule has 0 bridgehead atoms. The Balaban J connectivity index is 2.19. The third-order valence-electron chi connectivity index (χ3n) is 3.14. The molecule has 0 aliphatic rings. The summed E-state index contributed by atoms with van der Waals surface area (Å²) in [5, 5.41) is 0. The zero-order valence-corrected chi connectivity index (χ0v) is 14.9. The zero-order valence-electron chi connectivity index (χ0n) is 10.4. The van der Waals surface area contributed by atoms with Gasteiger partial charge < -0.3 is 0 Å². The summed E-state index contributed by atoms with van der Waals surface area (Å²) in [4.78, 5) is 19.1. The van der Waals surface area contributed by atoms with E-state index in [2.05, 4.69) is 31.4 Å². The van der Waals surface area contributed by atoms with E-state index in [-0.39, 0.29) is 0 Å². The summed E-state index contributed by atoms with van der Waals surface area (Å²) < 4.78 is 2.16. The number of aryl methyl sites for hydroxylation is 1. The van der Waals surface area contributed by atoms with Crippen LogP contribution in [0.4, 0.5) is 0 Å². The summed E-state index contributed by atoms with van der Waals surface area (Å²) in [5.74, 6) is 0. The van der Waals surface area contributed by atoms with E-state index in [1.165, 1.54) is 0 Å². The fourth-order valence-electron chi connectivity index (χ4n) is 2.12. The van der Waals surface area contributed by atoms with Crippen molar-refractivity contribution in [1.82, 2.24) is 12.3 Å². The molecule has 0 spiro atoms. The second-order valence-corrected chi connectivity index (χ2v) is 6.56. The number of imidazole rings is 1. The van der Waals surface area contributed by atoms with Crippen molar-refractivity contribution in [1.29, 1.82) is 0 Å². The van der Waals surface area contributed by atoms with E-state index in [4.69, 9.17) is 0 Å². The number of nitrogens with zero attached hydrogens (tertiary/aromatic N) is 3. The predicted octanol–water partition coefficient (Wildman–Crippen LogP) is 2.15. The van der Waals surface area contributed by atoms with Crippen LogP contribution in [0.2, 0.25) is 0 Å². The Kier molecular flexibility index (Phi) is 3.18. The van der Waals surface area contributed by atoms with Crippen LogP contribution >= 0.6 is 0 Å². The van der Waals surface area contributed by atoms with Gasteiger partial charge in [0.1, 0.15) is 0 Å². The summed E-state index contributed by atoms with van der Waals surface area (Å²) in [6.07, 6.45) is 4.38. The number of rotatable bonds is 2. The Morgan fingerprint density at radius 3 is 2.79 bits per heavy atom. The first-order valence-corrected chi connectivity index (χ1v) is 7.84. The molecular formula is C14H10N3OTl. The molecule has 2 heterocycles. The van der Waals surface area contributed by atoms with Gasteiger partial charge in [-0.05, 0) is 0 Å². The first-order chi connectivity index (χ1) is 9.19. The number of aldehydes is 1. The Bertz CT molecular complexity index is 762. The molecule has 1 aromatic carbocycles. The van der Waals surface area contributed by atoms with E-state index in [0.717, 1.165) is 34.0 Å². The summed E-state index contributed by atoms with van der Waals surface area (Å²) in [7, 11) is 0. The quantitative estimate of drug-likeness (QED) is 0.453. The van der Waals surface area contributed by atoms with Crippen molar-refractivity contribution in [3.8, 4) is 11.1 Å². The van der Waals surface area contributed by atoms with E-state index < -0.39 is 0 Å². The molecule has 0 fully saturated rings. The molecular weight excluding hydrogens is 431 g/mol. The topological polar surface area (TPSA) is 47.8 Å². The molecule has 0 amide bonds.